The van der Waals surface area contributed by atoms with Crippen LogP contribution in [0.15, 0.2) is 46.9 Å². The van der Waals surface area contributed by atoms with Gasteiger partial charge in [0.25, 0.3) is 0 Å². The molecule has 4 nitrogen and oxygen atoms in total. The number of rotatable bonds is 2. The van der Waals surface area contributed by atoms with E-state index in [0.717, 1.165) is 10.0 Å². The molecule has 1 heterocycles. The van der Waals surface area contributed by atoms with Crippen molar-refractivity contribution < 1.29 is 4.39 Å². The highest BCUT2D eigenvalue weighted by Crippen LogP contribution is 2.20. The smallest absolute Gasteiger partial charge is 0.151 e. The second-order valence-corrected chi connectivity index (χ2v) is 5.22. The predicted octanol–water partition coefficient (Wildman–Crippen LogP) is 3.85. The van der Waals surface area contributed by atoms with Crippen molar-refractivity contribution in [3.05, 3.63) is 58.3 Å². The molecule has 0 aliphatic rings. The lowest BCUT2D eigenvalue weighted by molar-refractivity contribution is 0.632. The number of allylic oxidation sites excluding steroid dienone is 1. The minimum atomic E-state index is -0.463. The molecule has 0 aliphatic heterocycles. The molecule has 0 amide bonds. The monoisotopic (exact) mass is 342 g/mol. The molecule has 0 saturated carbocycles. The van der Waals surface area contributed by atoms with Crippen molar-refractivity contribution in [2.75, 3.05) is 0 Å². The van der Waals surface area contributed by atoms with E-state index in [9.17, 15) is 9.65 Å². The van der Waals surface area contributed by atoms with Crippen LogP contribution in [0.2, 0.25) is 0 Å². The number of fused-ring (bicyclic) bond motifs is 1. The molecule has 0 N–H and O–H groups in total. The van der Waals surface area contributed by atoms with E-state index in [1.165, 1.54) is 10.7 Å². The number of hydrogen-bond donors (Lipinski definition) is 0. The van der Waals surface area contributed by atoms with Crippen LogP contribution in [0.25, 0.3) is 22.8 Å². The number of para-hydroxylation sites is 1. The third-order valence-corrected chi connectivity index (χ3v) is 3.46. The molecule has 6 heteroatoms. The first kappa shape index (κ1) is 13.5. The Kier molecular flexibility index (Phi) is 3.50. The third-order valence-electron chi connectivity index (χ3n) is 2.94. The normalized spacial score (nSPS) is 11.6. The molecule has 21 heavy (non-hydrogen) atoms. The van der Waals surface area contributed by atoms with E-state index < -0.39 is 5.82 Å². The Morgan fingerprint density at radius 1 is 1.24 bits per heavy atom. The van der Waals surface area contributed by atoms with Crippen molar-refractivity contribution in [3.63, 3.8) is 0 Å². The summed E-state index contributed by atoms with van der Waals surface area (Å²) in [5.74, 6) is -0.463. The van der Waals surface area contributed by atoms with Crippen molar-refractivity contribution in [2.45, 2.75) is 0 Å². The first-order chi connectivity index (χ1) is 10.2. The fraction of sp³-hybridized carbons (Fsp3) is 0. The molecule has 2 aromatic carbocycles. The molecule has 0 unspecified atom stereocenters. The number of aromatic nitrogens is 3. The van der Waals surface area contributed by atoms with Crippen LogP contribution >= 0.6 is 15.9 Å². The van der Waals surface area contributed by atoms with E-state index in [4.69, 9.17) is 0 Å². The first-order valence-electron chi connectivity index (χ1n) is 6.07. The molecule has 0 atom stereocenters. The summed E-state index contributed by atoms with van der Waals surface area (Å²) >= 11 is 3.35. The van der Waals surface area contributed by atoms with Gasteiger partial charge in [-0.3, -0.25) is 0 Å². The lowest BCUT2D eigenvalue weighted by atomic mass is 10.2. The molecule has 0 radical (unpaired) electrons. The van der Waals surface area contributed by atoms with Crippen molar-refractivity contribution in [1.29, 1.82) is 5.26 Å². The number of benzene rings is 2. The Hall–Kier alpha value is -2.52. The molecule has 1 aromatic heterocycles. The molecule has 0 fully saturated rings. The molecule has 3 aromatic rings. The molecular weight excluding hydrogens is 335 g/mol. The zero-order valence-corrected chi connectivity index (χ0v) is 12.2. The average Bonchev–Trinajstić information content (AvgIpc) is 2.92. The highest BCUT2D eigenvalue weighted by atomic mass is 79.9. The highest BCUT2D eigenvalue weighted by Gasteiger charge is 2.12. The molecule has 3 rings (SSSR count). The Bertz CT molecular complexity index is 875. The summed E-state index contributed by atoms with van der Waals surface area (Å²) in [5.41, 5.74) is 1.62. The van der Waals surface area contributed by atoms with Crippen LogP contribution in [0.1, 0.15) is 5.56 Å². The van der Waals surface area contributed by atoms with E-state index in [2.05, 4.69) is 26.2 Å². The zero-order valence-electron chi connectivity index (χ0n) is 10.7. The third kappa shape index (κ3) is 2.56. The maximum absolute atomic E-state index is 13.9. The number of hydrogen-bond acceptors (Lipinski definition) is 3. The Morgan fingerprint density at radius 2 is 2.00 bits per heavy atom. The van der Waals surface area contributed by atoms with Crippen molar-refractivity contribution in [3.8, 4) is 6.07 Å². The fourth-order valence-electron chi connectivity index (χ4n) is 1.96. The van der Waals surface area contributed by atoms with Crippen LogP contribution in [0, 0.1) is 17.1 Å². The zero-order chi connectivity index (χ0) is 14.8. The van der Waals surface area contributed by atoms with Gasteiger partial charge in [-0.1, -0.05) is 39.3 Å². The molecule has 0 spiro atoms. The van der Waals surface area contributed by atoms with Gasteiger partial charge in [0.05, 0.1) is 0 Å². The van der Waals surface area contributed by atoms with Crippen LogP contribution in [0.5, 0.6) is 0 Å². The minimum Gasteiger partial charge on any atom is -0.205 e. The van der Waals surface area contributed by atoms with E-state index in [-0.39, 0.29) is 11.2 Å². The number of halogens is 2. The fourth-order valence-corrected chi connectivity index (χ4v) is 2.22. The van der Waals surface area contributed by atoms with Gasteiger partial charge in [-0.05, 0) is 35.9 Å². The van der Waals surface area contributed by atoms with Gasteiger partial charge in [-0.2, -0.15) is 9.94 Å². The highest BCUT2D eigenvalue weighted by molar-refractivity contribution is 9.10. The lowest BCUT2D eigenvalue weighted by Crippen LogP contribution is -1.99. The second kappa shape index (κ2) is 5.46. The lowest BCUT2D eigenvalue weighted by Gasteiger charge is -2.01. The Morgan fingerprint density at radius 3 is 2.71 bits per heavy atom. The largest absolute Gasteiger partial charge is 0.205 e. The van der Waals surface area contributed by atoms with E-state index >= 15 is 0 Å². The molecule has 0 saturated heterocycles. The van der Waals surface area contributed by atoms with Crippen LogP contribution in [-0.2, 0) is 0 Å². The van der Waals surface area contributed by atoms with Crippen molar-refractivity contribution in [2.24, 2.45) is 0 Å². The first-order valence-corrected chi connectivity index (χ1v) is 6.86. The van der Waals surface area contributed by atoms with Crippen LogP contribution in [0.3, 0.4) is 0 Å². The summed E-state index contributed by atoms with van der Waals surface area (Å²) < 4.78 is 16.1. The van der Waals surface area contributed by atoms with Crippen LogP contribution in [-0.4, -0.2) is 15.0 Å². The van der Waals surface area contributed by atoms with E-state index in [1.54, 1.807) is 18.2 Å². The van der Waals surface area contributed by atoms with Crippen molar-refractivity contribution >= 4 is 38.7 Å². The van der Waals surface area contributed by atoms with Gasteiger partial charge < -0.3 is 0 Å². The number of nitrogens with zero attached hydrogens (tertiary/aromatic N) is 4. The van der Waals surface area contributed by atoms with E-state index in [0.29, 0.717) is 5.52 Å². The quantitative estimate of drug-likeness (QED) is 0.664. The van der Waals surface area contributed by atoms with Crippen LogP contribution < -0.4 is 0 Å². The standard InChI is InChI=1S/C15H8BrFN4/c16-11-6-4-10(5-7-11)8-12(9-18)21-15-13(17)2-1-3-14(15)19-20-21/h1-8H/b12-8+. The topological polar surface area (TPSA) is 54.5 Å². The molecule has 0 aliphatic carbocycles. The Balaban J connectivity index is 2.15. The predicted molar refractivity (Wildman–Crippen MR) is 81.4 cm³/mol. The van der Waals surface area contributed by atoms with Gasteiger partial charge in [-0.15, -0.1) is 5.10 Å². The van der Waals surface area contributed by atoms with Crippen molar-refractivity contribution in [1.82, 2.24) is 15.0 Å². The molecule has 102 valence electrons. The van der Waals surface area contributed by atoms with Gasteiger partial charge in [0.2, 0.25) is 0 Å². The maximum atomic E-state index is 13.9. The van der Waals surface area contributed by atoms with Gasteiger partial charge in [0, 0.05) is 4.47 Å². The van der Waals surface area contributed by atoms with Gasteiger partial charge >= 0.3 is 0 Å². The second-order valence-electron chi connectivity index (χ2n) is 4.30. The van der Waals surface area contributed by atoms with Gasteiger partial charge in [0.15, 0.2) is 5.82 Å². The van der Waals surface area contributed by atoms with Gasteiger partial charge in [0.1, 0.15) is 22.8 Å². The van der Waals surface area contributed by atoms with E-state index in [1.807, 2.05) is 30.3 Å². The summed E-state index contributed by atoms with van der Waals surface area (Å²) in [7, 11) is 0. The van der Waals surface area contributed by atoms with Crippen LogP contribution in [0.4, 0.5) is 4.39 Å². The maximum Gasteiger partial charge on any atom is 0.151 e. The summed E-state index contributed by atoms with van der Waals surface area (Å²) in [6.07, 6.45) is 1.63. The number of nitriles is 1. The molecule has 0 bridgehead atoms. The average molecular weight is 343 g/mol. The summed E-state index contributed by atoms with van der Waals surface area (Å²) in [4.78, 5) is 0. The summed E-state index contributed by atoms with van der Waals surface area (Å²) in [6.45, 7) is 0. The minimum absolute atomic E-state index is 0.197. The summed E-state index contributed by atoms with van der Waals surface area (Å²) in [6, 6.07) is 14.0. The van der Waals surface area contributed by atoms with Gasteiger partial charge in [-0.25, -0.2) is 4.39 Å². The SMILES string of the molecule is N#C/C(=C\c1ccc(Br)cc1)n1nnc2cccc(F)c21. The summed E-state index contributed by atoms with van der Waals surface area (Å²) in [5, 5.41) is 17.1. The Labute approximate surface area is 128 Å². The molecular formula is C15H8BrFN4.